The van der Waals surface area contributed by atoms with Gasteiger partial charge in [0.15, 0.2) is 0 Å². The Labute approximate surface area is 152 Å². The van der Waals surface area contributed by atoms with E-state index in [1.54, 1.807) is 5.38 Å². The van der Waals surface area contributed by atoms with Crippen LogP contribution in [0, 0.1) is 0 Å². The lowest BCUT2D eigenvalue weighted by molar-refractivity contribution is -0.130. The predicted octanol–water partition coefficient (Wildman–Crippen LogP) is 3.33. The molecule has 0 bridgehead atoms. The zero-order chi connectivity index (χ0) is 17.5. The third-order valence-corrected chi connectivity index (χ3v) is 5.21. The van der Waals surface area contributed by atoms with Crippen molar-refractivity contribution in [3.63, 3.8) is 0 Å². The van der Waals surface area contributed by atoms with Gasteiger partial charge in [-0.1, -0.05) is 36.8 Å². The molecular formula is C19H23N3O2S. The Kier molecular flexibility index (Phi) is 6.17. The fourth-order valence-electron chi connectivity index (χ4n) is 2.93. The minimum Gasteiger partial charge on any atom is -0.351 e. The molecule has 0 saturated carbocycles. The van der Waals surface area contributed by atoms with Crippen molar-refractivity contribution in [1.82, 2.24) is 15.2 Å². The molecule has 0 aliphatic carbocycles. The second-order valence-electron chi connectivity index (χ2n) is 6.20. The van der Waals surface area contributed by atoms with Gasteiger partial charge >= 0.3 is 0 Å². The normalized spacial score (nSPS) is 15.0. The van der Waals surface area contributed by atoms with Crippen molar-refractivity contribution < 1.29 is 9.59 Å². The lowest BCUT2D eigenvalue weighted by Crippen LogP contribution is -2.34. The van der Waals surface area contributed by atoms with E-state index in [2.05, 4.69) is 10.3 Å². The van der Waals surface area contributed by atoms with Gasteiger partial charge in [-0.3, -0.25) is 9.59 Å². The molecule has 6 heteroatoms. The van der Waals surface area contributed by atoms with E-state index < -0.39 is 0 Å². The molecule has 1 aromatic heterocycles. The molecule has 0 atom stereocenters. The number of benzene rings is 1. The molecule has 132 valence electrons. The molecule has 5 nitrogen and oxygen atoms in total. The Hall–Kier alpha value is -2.21. The van der Waals surface area contributed by atoms with E-state index in [0.29, 0.717) is 25.2 Å². The topological polar surface area (TPSA) is 62.3 Å². The largest absolute Gasteiger partial charge is 0.351 e. The molecule has 1 fully saturated rings. The van der Waals surface area contributed by atoms with Crippen molar-refractivity contribution >= 4 is 23.2 Å². The molecular weight excluding hydrogens is 334 g/mol. The van der Waals surface area contributed by atoms with Crippen LogP contribution in [-0.2, 0) is 4.79 Å². The zero-order valence-electron chi connectivity index (χ0n) is 14.2. The third kappa shape index (κ3) is 4.89. The SMILES string of the molecule is O=C(NCCCN1CCCCCC1=O)c1csc(-c2ccccc2)n1. The number of nitrogens with zero attached hydrogens (tertiary/aromatic N) is 2. The summed E-state index contributed by atoms with van der Waals surface area (Å²) in [6.45, 7) is 2.12. The van der Waals surface area contributed by atoms with E-state index >= 15 is 0 Å². The number of hydrogen-bond donors (Lipinski definition) is 1. The maximum atomic E-state index is 12.2. The number of carbonyl (C=O) groups is 2. The van der Waals surface area contributed by atoms with Gasteiger partial charge in [-0.15, -0.1) is 11.3 Å². The van der Waals surface area contributed by atoms with Crippen molar-refractivity contribution in [2.75, 3.05) is 19.6 Å². The standard InChI is InChI=1S/C19H23N3O2S/c23-17-10-5-2-6-12-22(17)13-7-11-20-18(24)16-14-25-19(21-16)15-8-3-1-4-9-15/h1,3-4,8-9,14H,2,5-7,10-13H2,(H,20,24). The minimum atomic E-state index is -0.152. The molecule has 1 N–H and O–H groups in total. The Morgan fingerprint density at radius 2 is 2.04 bits per heavy atom. The second-order valence-corrected chi connectivity index (χ2v) is 7.06. The summed E-state index contributed by atoms with van der Waals surface area (Å²) in [5.41, 5.74) is 1.47. The van der Waals surface area contributed by atoms with Crippen molar-refractivity contribution in [3.05, 3.63) is 41.4 Å². The second kappa shape index (κ2) is 8.76. The highest BCUT2D eigenvalue weighted by Crippen LogP contribution is 2.23. The molecule has 0 unspecified atom stereocenters. The average molecular weight is 357 g/mol. The van der Waals surface area contributed by atoms with Crippen LogP contribution in [0.5, 0.6) is 0 Å². The molecule has 2 amide bonds. The van der Waals surface area contributed by atoms with Crippen LogP contribution in [0.2, 0.25) is 0 Å². The van der Waals surface area contributed by atoms with E-state index in [0.717, 1.165) is 42.8 Å². The summed E-state index contributed by atoms with van der Waals surface area (Å²) in [6, 6.07) is 9.85. The Bertz CT molecular complexity index is 714. The summed E-state index contributed by atoms with van der Waals surface area (Å²) in [5.74, 6) is 0.0939. The average Bonchev–Trinajstić information content (AvgIpc) is 3.05. The first kappa shape index (κ1) is 17.6. The van der Waals surface area contributed by atoms with Crippen LogP contribution in [0.3, 0.4) is 0 Å². The Morgan fingerprint density at radius 3 is 2.88 bits per heavy atom. The molecule has 1 saturated heterocycles. The number of aromatic nitrogens is 1. The maximum absolute atomic E-state index is 12.2. The lowest BCUT2D eigenvalue weighted by Gasteiger charge is -2.20. The van der Waals surface area contributed by atoms with Crippen LogP contribution in [-0.4, -0.2) is 41.3 Å². The van der Waals surface area contributed by atoms with Crippen LogP contribution in [0.25, 0.3) is 10.6 Å². The van der Waals surface area contributed by atoms with Gasteiger partial charge in [0.25, 0.3) is 5.91 Å². The fourth-order valence-corrected chi connectivity index (χ4v) is 3.73. The van der Waals surface area contributed by atoms with Crippen LogP contribution < -0.4 is 5.32 Å². The van der Waals surface area contributed by atoms with Gasteiger partial charge in [0.1, 0.15) is 10.7 Å². The van der Waals surface area contributed by atoms with Gasteiger partial charge in [0, 0.05) is 37.0 Å². The van der Waals surface area contributed by atoms with Crippen LogP contribution >= 0.6 is 11.3 Å². The summed E-state index contributed by atoms with van der Waals surface area (Å²) in [7, 11) is 0. The highest BCUT2D eigenvalue weighted by Gasteiger charge is 2.16. The van der Waals surface area contributed by atoms with E-state index in [-0.39, 0.29) is 11.8 Å². The summed E-state index contributed by atoms with van der Waals surface area (Å²) in [6.07, 6.45) is 4.64. The monoisotopic (exact) mass is 357 g/mol. The highest BCUT2D eigenvalue weighted by atomic mass is 32.1. The van der Waals surface area contributed by atoms with Crippen LogP contribution in [0.4, 0.5) is 0 Å². The van der Waals surface area contributed by atoms with Gasteiger partial charge in [0.05, 0.1) is 0 Å². The molecule has 1 aliphatic rings. The first-order valence-electron chi connectivity index (χ1n) is 8.81. The third-order valence-electron chi connectivity index (χ3n) is 4.32. The fraction of sp³-hybridized carbons (Fsp3) is 0.421. The minimum absolute atomic E-state index is 0.152. The quantitative estimate of drug-likeness (QED) is 0.807. The summed E-state index contributed by atoms with van der Waals surface area (Å²) in [5, 5.41) is 5.54. The number of thiazole rings is 1. The molecule has 1 aliphatic heterocycles. The first-order chi connectivity index (χ1) is 12.2. The first-order valence-corrected chi connectivity index (χ1v) is 9.69. The number of likely N-dealkylation sites (tertiary alicyclic amines) is 1. The molecule has 2 heterocycles. The number of amides is 2. The van der Waals surface area contributed by atoms with E-state index in [1.165, 1.54) is 11.3 Å². The predicted molar refractivity (Wildman–Crippen MR) is 99.5 cm³/mol. The maximum Gasteiger partial charge on any atom is 0.270 e. The summed E-state index contributed by atoms with van der Waals surface area (Å²) >= 11 is 1.47. The smallest absolute Gasteiger partial charge is 0.270 e. The van der Waals surface area contributed by atoms with E-state index in [9.17, 15) is 9.59 Å². The lowest BCUT2D eigenvalue weighted by atomic mass is 10.2. The molecule has 0 spiro atoms. The van der Waals surface area contributed by atoms with E-state index in [4.69, 9.17) is 0 Å². The Morgan fingerprint density at radius 1 is 1.20 bits per heavy atom. The van der Waals surface area contributed by atoms with Crippen molar-refractivity contribution in [3.8, 4) is 10.6 Å². The van der Waals surface area contributed by atoms with Crippen molar-refractivity contribution in [2.24, 2.45) is 0 Å². The Balaban J connectivity index is 1.45. The number of carbonyl (C=O) groups excluding carboxylic acids is 2. The van der Waals surface area contributed by atoms with Gasteiger partial charge in [-0.05, 0) is 19.3 Å². The number of rotatable bonds is 6. The van der Waals surface area contributed by atoms with Crippen LogP contribution in [0.15, 0.2) is 35.7 Å². The molecule has 1 aromatic carbocycles. The van der Waals surface area contributed by atoms with Crippen molar-refractivity contribution in [2.45, 2.75) is 32.1 Å². The highest BCUT2D eigenvalue weighted by molar-refractivity contribution is 7.13. The molecule has 2 aromatic rings. The van der Waals surface area contributed by atoms with Gasteiger partial charge < -0.3 is 10.2 Å². The van der Waals surface area contributed by atoms with Gasteiger partial charge in [-0.2, -0.15) is 0 Å². The molecule has 0 radical (unpaired) electrons. The number of nitrogens with one attached hydrogen (secondary N) is 1. The summed E-state index contributed by atoms with van der Waals surface area (Å²) < 4.78 is 0. The molecule has 25 heavy (non-hydrogen) atoms. The van der Waals surface area contributed by atoms with E-state index in [1.807, 2.05) is 35.2 Å². The van der Waals surface area contributed by atoms with Gasteiger partial charge in [-0.25, -0.2) is 4.98 Å². The van der Waals surface area contributed by atoms with Crippen molar-refractivity contribution in [1.29, 1.82) is 0 Å². The summed E-state index contributed by atoms with van der Waals surface area (Å²) in [4.78, 5) is 30.5. The number of hydrogen-bond acceptors (Lipinski definition) is 4. The van der Waals surface area contributed by atoms with Crippen LogP contribution in [0.1, 0.15) is 42.6 Å². The molecule has 3 rings (SSSR count). The zero-order valence-corrected chi connectivity index (χ0v) is 15.1. The van der Waals surface area contributed by atoms with Gasteiger partial charge in [0.2, 0.25) is 5.91 Å².